The van der Waals surface area contributed by atoms with Crippen molar-refractivity contribution in [3.8, 4) is 0 Å². The number of anilines is 1. The van der Waals surface area contributed by atoms with Crippen LogP contribution in [0.25, 0.3) is 0 Å². The molecule has 0 unspecified atom stereocenters. The largest absolute Gasteiger partial charge is 0.338 e. The lowest BCUT2D eigenvalue weighted by atomic mass is 10.1. The first kappa shape index (κ1) is 20.3. The third kappa shape index (κ3) is 5.31. The molecule has 0 saturated carbocycles. The van der Waals surface area contributed by atoms with Crippen molar-refractivity contribution < 1.29 is 9.59 Å². The minimum Gasteiger partial charge on any atom is -0.338 e. The molecule has 2 amide bonds. The van der Waals surface area contributed by atoms with Crippen LogP contribution in [0.2, 0.25) is 0 Å². The molecule has 3 aromatic rings. The minimum absolute atomic E-state index is 0.205. The highest BCUT2D eigenvalue weighted by Gasteiger charge is 2.17. The Morgan fingerprint density at radius 2 is 1.83 bits per heavy atom. The normalized spacial score (nSPS) is 10.6. The number of hydrogen-bond donors (Lipinski definition) is 1. The summed E-state index contributed by atoms with van der Waals surface area (Å²) in [5, 5.41) is 2.83. The van der Waals surface area contributed by atoms with Crippen molar-refractivity contribution in [3.63, 3.8) is 0 Å². The standard InChI is InChI=1S/C23H26N4O2/c1-17-8-7-11-20(18(17)2)25-22(28)14-23(29)26(3)16-21-24-12-13-27(21)15-19-9-5-4-6-10-19/h4-13H,14-16H2,1-3H3,(H,25,28). The third-order valence-corrected chi connectivity index (χ3v) is 4.99. The molecule has 2 aromatic carbocycles. The second-order valence-electron chi connectivity index (χ2n) is 7.18. The van der Waals surface area contributed by atoms with Gasteiger partial charge in [0.1, 0.15) is 12.2 Å². The van der Waals surface area contributed by atoms with Gasteiger partial charge in [-0.05, 0) is 36.6 Å². The highest BCUT2D eigenvalue weighted by Crippen LogP contribution is 2.18. The van der Waals surface area contributed by atoms with E-state index < -0.39 is 0 Å². The maximum atomic E-state index is 12.5. The molecular formula is C23H26N4O2. The maximum Gasteiger partial charge on any atom is 0.233 e. The van der Waals surface area contributed by atoms with Crippen molar-refractivity contribution in [2.24, 2.45) is 0 Å². The van der Waals surface area contributed by atoms with E-state index in [1.807, 2.05) is 61.0 Å². The fourth-order valence-electron chi connectivity index (χ4n) is 3.07. The summed E-state index contributed by atoms with van der Waals surface area (Å²) >= 11 is 0. The molecule has 6 heteroatoms. The lowest BCUT2D eigenvalue weighted by Crippen LogP contribution is -2.31. The Hall–Kier alpha value is -3.41. The van der Waals surface area contributed by atoms with Crippen molar-refractivity contribution in [2.75, 3.05) is 12.4 Å². The Bertz CT molecular complexity index is 995. The first-order valence-electron chi connectivity index (χ1n) is 9.58. The van der Waals surface area contributed by atoms with Gasteiger partial charge in [0, 0.05) is 31.7 Å². The van der Waals surface area contributed by atoms with Crippen LogP contribution in [-0.4, -0.2) is 33.3 Å². The number of nitrogens with one attached hydrogen (secondary N) is 1. The van der Waals surface area contributed by atoms with Crippen molar-refractivity contribution in [1.82, 2.24) is 14.5 Å². The number of benzene rings is 2. The summed E-state index contributed by atoms with van der Waals surface area (Å²) < 4.78 is 2.01. The van der Waals surface area contributed by atoms with Gasteiger partial charge < -0.3 is 14.8 Å². The van der Waals surface area contributed by atoms with Crippen LogP contribution in [0.4, 0.5) is 5.69 Å². The molecule has 0 aliphatic rings. The molecule has 0 aliphatic heterocycles. The Morgan fingerprint density at radius 3 is 2.59 bits per heavy atom. The monoisotopic (exact) mass is 390 g/mol. The van der Waals surface area contributed by atoms with Crippen LogP contribution >= 0.6 is 0 Å². The van der Waals surface area contributed by atoms with Crippen molar-refractivity contribution in [3.05, 3.63) is 83.4 Å². The quantitative estimate of drug-likeness (QED) is 0.628. The van der Waals surface area contributed by atoms with Crippen LogP contribution in [0.15, 0.2) is 60.9 Å². The van der Waals surface area contributed by atoms with E-state index >= 15 is 0 Å². The molecule has 0 spiro atoms. The molecule has 1 heterocycles. The topological polar surface area (TPSA) is 67.2 Å². The van der Waals surface area contributed by atoms with Gasteiger partial charge >= 0.3 is 0 Å². The summed E-state index contributed by atoms with van der Waals surface area (Å²) in [6.07, 6.45) is 3.42. The first-order chi connectivity index (χ1) is 13.9. The molecule has 0 fully saturated rings. The van der Waals surface area contributed by atoms with E-state index in [1.54, 1.807) is 13.2 Å². The number of aryl methyl sites for hydroxylation is 1. The summed E-state index contributed by atoms with van der Waals surface area (Å²) in [6, 6.07) is 15.8. The average molecular weight is 390 g/mol. The number of carbonyl (C=O) groups excluding carboxylic acids is 2. The summed E-state index contributed by atoms with van der Waals surface area (Å²) in [6.45, 7) is 4.97. The van der Waals surface area contributed by atoms with Gasteiger partial charge in [-0.25, -0.2) is 4.98 Å². The lowest BCUT2D eigenvalue weighted by Gasteiger charge is -2.18. The fourth-order valence-corrected chi connectivity index (χ4v) is 3.07. The van der Waals surface area contributed by atoms with E-state index in [-0.39, 0.29) is 18.2 Å². The van der Waals surface area contributed by atoms with Gasteiger partial charge in [0.25, 0.3) is 0 Å². The van der Waals surface area contributed by atoms with E-state index in [9.17, 15) is 9.59 Å². The molecule has 29 heavy (non-hydrogen) atoms. The molecule has 3 rings (SSSR count). The summed E-state index contributed by atoms with van der Waals surface area (Å²) in [5.74, 6) is 0.213. The number of nitrogens with zero attached hydrogens (tertiary/aromatic N) is 3. The highest BCUT2D eigenvalue weighted by molar-refractivity contribution is 6.03. The zero-order chi connectivity index (χ0) is 20.8. The molecule has 150 valence electrons. The molecule has 0 bridgehead atoms. The van der Waals surface area contributed by atoms with Gasteiger partial charge in [-0.3, -0.25) is 9.59 Å². The molecule has 0 radical (unpaired) electrons. The van der Waals surface area contributed by atoms with Gasteiger partial charge in [0.2, 0.25) is 11.8 Å². The van der Waals surface area contributed by atoms with Gasteiger partial charge in [-0.15, -0.1) is 0 Å². The summed E-state index contributed by atoms with van der Waals surface area (Å²) in [7, 11) is 1.69. The molecule has 6 nitrogen and oxygen atoms in total. The van der Waals surface area contributed by atoms with Crippen LogP contribution in [-0.2, 0) is 22.7 Å². The van der Waals surface area contributed by atoms with E-state index in [4.69, 9.17) is 0 Å². The molecule has 1 aromatic heterocycles. The molecule has 0 atom stereocenters. The lowest BCUT2D eigenvalue weighted by molar-refractivity contribution is -0.134. The predicted molar refractivity (Wildman–Crippen MR) is 113 cm³/mol. The second-order valence-corrected chi connectivity index (χ2v) is 7.18. The van der Waals surface area contributed by atoms with Gasteiger partial charge in [-0.1, -0.05) is 42.5 Å². The predicted octanol–water partition coefficient (Wildman–Crippen LogP) is 3.54. The van der Waals surface area contributed by atoms with Crippen molar-refractivity contribution in [2.45, 2.75) is 33.4 Å². The fraction of sp³-hybridized carbons (Fsp3) is 0.261. The Labute approximate surface area is 171 Å². The number of rotatable bonds is 7. The number of imidazole rings is 1. The second kappa shape index (κ2) is 9.19. The molecule has 1 N–H and O–H groups in total. The zero-order valence-electron chi connectivity index (χ0n) is 17.1. The number of carbonyl (C=O) groups is 2. The van der Waals surface area contributed by atoms with Crippen LogP contribution < -0.4 is 5.32 Å². The van der Waals surface area contributed by atoms with Gasteiger partial charge in [-0.2, -0.15) is 0 Å². The van der Waals surface area contributed by atoms with Crippen LogP contribution in [0.5, 0.6) is 0 Å². The summed E-state index contributed by atoms with van der Waals surface area (Å²) in [4.78, 5) is 30.7. The highest BCUT2D eigenvalue weighted by atomic mass is 16.2. The van der Waals surface area contributed by atoms with E-state index in [1.165, 1.54) is 4.90 Å². The number of hydrogen-bond acceptors (Lipinski definition) is 3. The Kier molecular flexibility index (Phi) is 6.44. The van der Waals surface area contributed by atoms with Gasteiger partial charge in [0.05, 0.1) is 6.54 Å². The van der Waals surface area contributed by atoms with Gasteiger partial charge in [0.15, 0.2) is 0 Å². The number of aromatic nitrogens is 2. The minimum atomic E-state index is -0.317. The van der Waals surface area contributed by atoms with Crippen LogP contribution in [0, 0.1) is 13.8 Å². The first-order valence-corrected chi connectivity index (χ1v) is 9.58. The SMILES string of the molecule is Cc1cccc(NC(=O)CC(=O)N(C)Cc2nccn2Cc2ccccc2)c1C. The van der Waals surface area contributed by atoms with E-state index in [2.05, 4.69) is 22.4 Å². The Balaban J connectivity index is 1.58. The summed E-state index contributed by atoms with van der Waals surface area (Å²) in [5.41, 5.74) is 4.00. The zero-order valence-corrected chi connectivity index (χ0v) is 17.1. The molecule has 0 aliphatic carbocycles. The smallest absolute Gasteiger partial charge is 0.233 e. The Morgan fingerprint density at radius 1 is 1.07 bits per heavy atom. The van der Waals surface area contributed by atoms with E-state index in [0.29, 0.717) is 13.1 Å². The van der Waals surface area contributed by atoms with Crippen molar-refractivity contribution in [1.29, 1.82) is 0 Å². The van der Waals surface area contributed by atoms with E-state index in [0.717, 1.165) is 28.2 Å². The average Bonchev–Trinajstić information content (AvgIpc) is 3.12. The van der Waals surface area contributed by atoms with Crippen LogP contribution in [0.1, 0.15) is 28.9 Å². The number of amides is 2. The van der Waals surface area contributed by atoms with Crippen molar-refractivity contribution >= 4 is 17.5 Å². The maximum absolute atomic E-state index is 12.5. The van der Waals surface area contributed by atoms with Crippen LogP contribution in [0.3, 0.4) is 0 Å². The molecule has 0 saturated heterocycles. The third-order valence-electron chi connectivity index (χ3n) is 4.99. The molecular weight excluding hydrogens is 364 g/mol.